The third kappa shape index (κ3) is 3.92. The Kier molecular flexibility index (Phi) is 5.03. The third-order valence-electron chi connectivity index (χ3n) is 7.32. The minimum Gasteiger partial charge on any atom is -0.481 e. The Labute approximate surface area is 160 Å². The van der Waals surface area contributed by atoms with E-state index in [2.05, 4.69) is 10.6 Å². The molecule has 7 heteroatoms. The molecule has 5 fully saturated rings. The molecule has 2 atom stereocenters. The van der Waals surface area contributed by atoms with Crippen LogP contribution in [-0.2, 0) is 9.59 Å². The average molecular weight is 377 g/mol. The van der Waals surface area contributed by atoms with E-state index in [-0.39, 0.29) is 36.4 Å². The molecular formula is C20H31N3O4. The molecule has 3 N–H and O–H groups in total. The van der Waals surface area contributed by atoms with Gasteiger partial charge >= 0.3 is 12.0 Å². The first-order chi connectivity index (χ1) is 12.9. The Balaban J connectivity index is 1.19. The smallest absolute Gasteiger partial charge is 0.315 e. The first-order valence-electron chi connectivity index (χ1n) is 10.5. The fourth-order valence-electron chi connectivity index (χ4n) is 6.27. The molecule has 4 saturated carbocycles. The quantitative estimate of drug-likeness (QED) is 0.660. The molecule has 0 aromatic rings. The third-order valence-corrected chi connectivity index (χ3v) is 7.32. The first-order valence-corrected chi connectivity index (χ1v) is 10.5. The number of likely N-dealkylation sites (tertiary alicyclic amines) is 1. The molecule has 1 saturated heterocycles. The zero-order valence-corrected chi connectivity index (χ0v) is 15.9. The van der Waals surface area contributed by atoms with E-state index in [0.717, 1.165) is 37.5 Å². The van der Waals surface area contributed by atoms with Crippen LogP contribution >= 0.6 is 0 Å². The van der Waals surface area contributed by atoms with Gasteiger partial charge in [-0.2, -0.15) is 0 Å². The minimum atomic E-state index is -0.861. The number of aliphatic carboxylic acids is 1. The number of hydrogen-bond donors (Lipinski definition) is 3. The lowest BCUT2D eigenvalue weighted by atomic mass is 9.80. The van der Waals surface area contributed by atoms with Crippen LogP contribution < -0.4 is 10.6 Å². The summed E-state index contributed by atoms with van der Waals surface area (Å²) in [6.07, 6.45) is 8.50. The SMILES string of the molecule is O=C(O)CCCC(=O)N1CCC(NC(=O)NC23CC4CC(CC2C4)C3)CC1. The van der Waals surface area contributed by atoms with E-state index in [1.54, 1.807) is 4.90 Å². The maximum absolute atomic E-state index is 12.6. The maximum Gasteiger partial charge on any atom is 0.315 e. The molecule has 27 heavy (non-hydrogen) atoms. The fraction of sp³-hybridized carbons (Fsp3) is 0.850. The molecule has 3 amide bonds. The van der Waals surface area contributed by atoms with Crippen molar-refractivity contribution in [3.05, 3.63) is 0 Å². The lowest BCUT2D eigenvalue weighted by molar-refractivity contribution is -0.137. The number of amides is 3. The van der Waals surface area contributed by atoms with Gasteiger partial charge in [0.05, 0.1) is 0 Å². The molecule has 150 valence electrons. The summed E-state index contributed by atoms with van der Waals surface area (Å²) >= 11 is 0. The number of nitrogens with zero attached hydrogens (tertiary/aromatic N) is 1. The Hall–Kier alpha value is -1.79. The van der Waals surface area contributed by atoms with E-state index in [1.165, 1.54) is 19.3 Å². The second kappa shape index (κ2) is 7.32. The van der Waals surface area contributed by atoms with E-state index in [1.807, 2.05) is 0 Å². The molecule has 5 aliphatic rings. The van der Waals surface area contributed by atoms with E-state index < -0.39 is 5.97 Å². The molecule has 4 bridgehead atoms. The van der Waals surface area contributed by atoms with E-state index >= 15 is 0 Å². The molecule has 1 heterocycles. The first kappa shape index (κ1) is 18.6. The van der Waals surface area contributed by atoms with Crippen molar-refractivity contribution in [2.75, 3.05) is 13.1 Å². The Morgan fingerprint density at radius 2 is 1.67 bits per heavy atom. The molecule has 7 nitrogen and oxygen atoms in total. The van der Waals surface area contributed by atoms with Crippen LogP contribution in [0.3, 0.4) is 0 Å². The number of carbonyl (C=O) groups excluding carboxylic acids is 2. The van der Waals surface area contributed by atoms with Gasteiger partial charge in [-0.1, -0.05) is 0 Å². The summed E-state index contributed by atoms with van der Waals surface area (Å²) in [7, 11) is 0. The normalized spacial score (nSPS) is 34.7. The summed E-state index contributed by atoms with van der Waals surface area (Å²) < 4.78 is 0. The van der Waals surface area contributed by atoms with Crippen LogP contribution in [0.5, 0.6) is 0 Å². The van der Waals surface area contributed by atoms with Crippen LogP contribution in [0.15, 0.2) is 0 Å². The summed E-state index contributed by atoms with van der Waals surface area (Å²) in [4.78, 5) is 37.1. The maximum atomic E-state index is 12.6. The highest BCUT2D eigenvalue weighted by atomic mass is 16.4. The standard InChI is InChI=1S/C20H31N3O4/c24-17(2-1-3-18(25)26)23-6-4-16(5-7-23)21-19(27)22-20-11-13-8-14(12-20)10-15(20)9-13/h13-16H,1-12H2,(H,25,26)(H2,21,22,27). The summed E-state index contributed by atoms with van der Waals surface area (Å²) in [6, 6.07) is 0.0784. The summed E-state index contributed by atoms with van der Waals surface area (Å²) in [5.41, 5.74) is 0.0540. The molecule has 0 aromatic heterocycles. The van der Waals surface area contributed by atoms with Gasteiger partial charge < -0.3 is 20.6 Å². The number of nitrogens with one attached hydrogen (secondary N) is 2. The molecule has 4 aliphatic carbocycles. The van der Waals surface area contributed by atoms with Gasteiger partial charge in [0, 0.05) is 37.5 Å². The second-order valence-corrected chi connectivity index (χ2v) is 9.20. The van der Waals surface area contributed by atoms with Gasteiger partial charge in [-0.25, -0.2) is 4.79 Å². The largest absolute Gasteiger partial charge is 0.481 e. The van der Waals surface area contributed by atoms with Crippen molar-refractivity contribution in [1.29, 1.82) is 0 Å². The lowest BCUT2D eigenvalue weighted by Gasteiger charge is -2.36. The van der Waals surface area contributed by atoms with Crippen molar-refractivity contribution in [2.45, 2.75) is 75.8 Å². The molecule has 1 aliphatic heterocycles. The Morgan fingerprint density at radius 1 is 1.00 bits per heavy atom. The second-order valence-electron chi connectivity index (χ2n) is 9.20. The van der Waals surface area contributed by atoms with Crippen LogP contribution in [0.1, 0.15) is 64.2 Å². The molecule has 0 radical (unpaired) electrons. The summed E-state index contributed by atoms with van der Waals surface area (Å²) in [6.45, 7) is 1.27. The monoisotopic (exact) mass is 377 g/mol. The van der Waals surface area contributed by atoms with Gasteiger partial charge in [-0.3, -0.25) is 9.59 Å². The van der Waals surface area contributed by atoms with Crippen molar-refractivity contribution in [1.82, 2.24) is 15.5 Å². The van der Waals surface area contributed by atoms with Gasteiger partial charge in [0.1, 0.15) is 0 Å². The van der Waals surface area contributed by atoms with Crippen molar-refractivity contribution in [3.8, 4) is 0 Å². The summed E-state index contributed by atoms with van der Waals surface area (Å²) in [5, 5.41) is 15.1. The number of piperidine rings is 1. The summed E-state index contributed by atoms with van der Waals surface area (Å²) in [5.74, 6) is 1.48. The van der Waals surface area contributed by atoms with E-state index in [9.17, 15) is 14.4 Å². The van der Waals surface area contributed by atoms with Crippen LogP contribution in [0.4, 0.5) is 4.79 Å². The predicted octanol–water partition coefficient (Wildman–Crippen LogP) is 2.11. The van der Waals surface area contributed by atoms with Crippen molar-refractivity contribution < 1.29 is 19.5 Å². The van der Waals surface area contributed by atoms with Crippen LogP contribution in [0.25, 0.3) is 0 Å². The highest BCUT2D eigenvalue weighted by Gasteiger charge is 2.58. The number of urea groups is 1. The molecule has 2 unspecified atom stereocenters. The van der Waals surface area contributed by atoms with Gasteiger partial charge in [0.15, 0.2) is 0 Å². The van der Waals surface area contributed by atoms with E-state index in [0.29, 0.717) is 25.4 Å². The predicted molar refractivity (Wildman–Crippen MR) is 99.0 cm³/mol. The number of carboxylic acid groups (broad SMARTS) is 1. The minimum absolute atomic E-state index is 0.0250. The van der Waals surface area contributed by atoms with Crippen LogP contribution in [0, 0.1) is 17.8 Å². The fourth-order valence-corrected chi connectivity index (χ4v) is 6.27. The highest BCUT2D eigenvalue weighted by molar-refractivity contribution is 5.77. The van der Waals surface area contributed by atoms with Crippen LogP contribution in [-0.4, -0.2) is 52.6 Å². The molecule has 5 rings (SSSR count). The molecule has 0 aromatic carbocycles. The van der Waals surface area contributed by atoms with Crippen molar-refractivity contribution >= 4 is 17.9 Å². The Bertz CT molecular complexity index is 600. The lowest BCUT2D eigenvalue weighted by Crippen LogP contribution is -2.56. The topological polar surface area (TPSA) is 98.7 Å². The average Bonchev–Trinajstić information content (AvgIpc) is 2.98. The number of carboxylic acids is 1. The number of rotatable bonds is 6. The number of hydrogen-bond acceptors (Lipinski definition) is 3. The number of carbonyl (C=O) groups is 3. The van der Waals surface area contributed by atoms with Crippen LogP contribution in [0.2, 0.25) is 0 Å². The molecular weight excluding hydrogens is 346 g/mol. The van der Waals surface area contributed by atoms with Crippen molar-refractivity contribution in [3.63, 3.8) is 0 Å². The zero-order chi connectivity index (χ0) is 19.0. The Morgan fingerprint density at radius 3 is 2.30 bits per heavy atom. The van der Waals surface area contributed by atoms with Gasteiger partial charge in [0.25, 0.3) is 0 Å². The van der Waals surface area contributed by atoms with Crippen molar-refractivity contribution in [2.24, 2.45) is 17.8 Å². The zero-order valence-electron chi connectivity index (χ0n) is 15.9. The molecule has 0 spiro atoms. The van der Waals surface area contributed by atoms with Gasteiger partial charge in [-0.15, -0.1) is 0 Å². The highest BCUT2D eigenvalue weighted by Crippen LogP contribution is 2.60. The van der Waals surface area contributed by atoms with Gasteiger partial charge in [-0.05, 0) is 69.1 Å². The van der Waals surface area contributed by atoms with Gasteiger partial charge in [0.2, 0.25) is 5.91 Å². The van der Waals surface area contributed by atoms with E-state index in [4.69, 9.17) is 5.11 Å².